The maximum atomic E-state index is 11.7. The highest BCUT2D eigenvalue weighted by molar-refractivity contribution is 5.78. The van der Waals surface area contributed by atoms with Gasteiger partial charge in [-0.1, -0.05) is 26.7 Å². The summed E-state index contributed by atoms with van der Waals surface area (Å²) in [5.41, 5.74) is 0.135. The molecule has 0 aromatic heterocycles. The second-order valence-corrected chi connectivity index (χ2v) is 6.14. The third kappa shape index (κ3) is 6.36. The highest BCUT2D eigenvalue weighted by Gasteiger charge is 2.19. The number of carbonyl (C=O) groups excluding carboxylic acids is 1. The van der Waals surface area contributed by atoms with Crippen molar-refractivity contribution in [3.8, 4) is 0 Å². The smallest absolute Gasteiger partial charge is 0.234 e. The number of carbonyl (C=O) groups is 1. The van der Waals surface area contributed by atoms with Gasteiger partial charge in [0.25, 0.3) is 0 Å². The van der Waals surface area contributed by atoms with Gasteiger partial charge in [-0.05, 0) is 31.1 Å². The van der Waals surface area contributed by atoms with E-state index >= 15 is 0 Å². The first kappa shape index (κ1) is 15.4. The number of rotatable bonds is 8. The van der Waals surface area contributed by atoms with E-state index in [-0.39, 0.29) is 17.9 Å². The lowest BCUT2D eigenvalue weighted by Crippen LogP contribution is -2.41. The van der Waals surface area contributed by atoms with Gasteiger partial charge >= 0.3 is 0 Å². The molecule has 0 saturated heterocycles. The summed E-state index contributed by atoms with van der Waals surface area (Å²) in [6.07, 6.45) is 6.55. The van der Waals surface area contributed by atoms with Gasteiger partial charge in [-0.25, -0.2) is 0 Å². The first-order valence-corrected chi connectivity index (χ1v) is 7.14. The van der Waals surface area contributed by atoms with Crippen molar-refractivity contribution in [2.45, 2.75) is 58.4 Å². The molecule has 0 unspecified atom stereocenters. The van der Waals surface area contributed by atoms with Gasteiger partial charge in [0.15, 0.2) is 0 Å². The molecule has 1 saturated carbocycles. The molecule has 106 valence electrons. The van der Waals surface area contributed by atoms with Crippen molar-refractivity contribution in [1.82, 2.24) is 10.6 Å². The lowest BCUT2D eigenvalue weighted by molar-refractivity contribution is -0.120. The van der Waals surface area contributed by atoms with Crippen molar-refractivity contribution >= 4 is 5.91 Å². The fourth-order valence-corrected chi connectivity index (χ4v) is 2.51. The molecule has 1 amide bonds. The van der Waals surface area contributed by atoms with Crippen molar-refractivity contribution in [3.63, 3.8) is 0 Å². The summed E-state index contributed by atoms with van der Waals surface area (Å²) in [6.45, 7) is 5.77. The number of hydrogen-bond acceptors (Lipinski definition) is 3. The summed E-state index contributed by atoms with van der Waals surface area (Å²) in [4.78, 5) is 11.7. The zero-order chi connectivity index (χ0) is 13.4. The van der Waals surface area contributed by atoms with E-state index in [2.05, 4.69) is 24.5 Å². The predicted octanol–water partition coefficient (Wildman–Crippen LogP) is 1.43. The normalized spacial score (nSPS) is 17.1. The van der Waals surface area contributed by atoms with Gasteiger partial charge in [-0.15, -0.1) is 0 Å². The van der Waals surface area contributed by atoms with Crippen LogP contribution in [0.1, 0.15) is 52.4 Å². The first-order valence-electron chi connectivity index (χ1n) is 7.14. The Bertz CT molecular complexity index is 248. The lowest BCUT2D eigenvalue weighted by atomic mass is 9.88. The number of amides is 1. The van der Waals surface area contributed by atoms with E-state index in [0.29, 0.717) is 12.6 Å². The van der Waals surface area contributed by atoms with E-state index in [0.717, 1.165) is 32.2 Å². The van der Waals surface area contributed by atoms with Crippen LogP contribution in [0.4, 0.5) is 0 Å². The van der Waals surface area contributed by atoms with Gasteiger partial charge in [-0.2, -0.15) is 0 Å². The summed E-state index contributed by atoms with van der Waals surface area (Å²) >= 11 is 0. The van der Waals surface area contributed by atoms with Crippen LogP contribution in [0.5, 0.6) is 0 Å². The summed E-state index contributed by atoms with van der Waals surface area (Å²) in [5, 5.41) is 15.1. The first-order chi connectivity index (χ1) is 8.53. The third-order valence-electron chi connectivity index (χ3n) is 3.62. The van der Waals surface area contributed by atoms with Gasteiger partial charge < -0.3 is 15.7 Å². The largest absolute Gasteiger partial charge is 0.396 e. The van der Waals surface area contributed by atoms with Crippen LogP contribution in [0.2, 0.25) is 0 Å². The van der Waals surface area contributed by atoms with Gasteiger partial charge in [0.2, 0.25) is 5.91 Å². The molecule has 0 spiro atoms. The van der Waals surface area contributed by atoms with Crippen LogP contribution in [0.15, 0.2) is 0 Å². The van der Waals surface area contributed by atoms with E-state index in [1.54, 1.807) is 0 Å². The maximum absolute atomic E-state index is 11.7. The van der Waals surface area contributed by atoms with E-state index in [4.69, 9.17) is 5.11 Å². The van der Waals surface area contributed by atoms with Crippen LogP contribution in [-0.4, -0.2) is 36.8 Å². The summed E-state index contributed by atoms with van der Waals surface area (Å²) in [7, 11) is 0. The van der Waals surface area contributed by atoms with Crippen LogP contribution in [-0.2, 0) is 4.79 Å². The predicted molar refractivity (Wildman–Crippen MR) is 73.4 cm³/mol. The van der Waals surface area contributed by atoms with Gasteiger partial charge in [0.1, 0.15) is 0 Å². The second-order valence-electron chi connectivity index (χ2n) is 6.14. The standard InChI is InChI=1S/C14H28N2O2/c1-14(2,8-5-9-17)11-15-10-13(18)16-12-6-3-4-7-12/h12,15,17H,3-11H2,1-2H3,(H,16,18). The van der Waals surface area contributed by atoms with Crippen molar-refractivity contribution in [2.24, 2.45) is 5.41 Å². The zero-order valence-corrected chi connectivity index (χ0v) is 11.8. The van der Waals surface area contributed by atoms with Crippen LogP contribution in [0.25, 0.3) is 0 Å². The van der Waals surface area contributed by atoms with E-state index < -0.39 is 0 Å². The molecular weight excluding hydrogens is 228 g/mol. The molecule has 0 heterocycles. The SMILES string of the molecule is CC(C)(CCCO)CNCC(=O)NC1CCCC1. The van der Waals surface area contributed by atoms with Crippen molar-refractivity contribution < 1.29 is 9.90 Å². The van der Waals surface area contributed by atoms with Crippen molar-refractivity contribution in [1.29, 1.82) is 0 Å². The Balaban J connectivity index is 2.10. The molecule has 0 aromatic carbocycles. The molecule has 1 aliphatic carbocycles. The maximum Gasteiger partial charge on any atom is 0.234 e. The molecule has 4 nitrogen and oxygen atoms in total. The molecule has 0 aromatic rings. The van der Waals surface area contributed by atoms with Crippen LogP contribution < -0.4 is 10.6 Å². The van der Waals surface area contributed by atoms with E-state index in [1.165, 1.54) is 12.8 Å². The molecule has 3 N–H and O–H groups in total. The highest BCUT2D eigenvalue weighted by atomic mass is 16.2. The van der Waals surface area contributed by atoms with Gasteiger partial charge in [-0.3, -0.25) is 4.79 Å². The Morgan fingerprint density at radius 3 is 2.61 bits per heavy atom. The zero-order valence-electron chi connectivity index (χ0n) is 11.8. The minimum atomic E-state index is 0.111. The molecule has 4 heteroatoms. The molecule has 1 fully saturated rings. The Hall–Kier alpha value is -0.610. The molecule has 1 rings (SSSR count). The quantitative estimate of drug-likeness (QED) is 0.616. The van der Waals surface area contributed by atoms with Crippen LogP contribution in [0.3, 0.4) is 0 Å². The monoisotopic (exact) mass is 256 g/mol. The van der Waals surface area contributed by atoms with E-state index in [1.807, 2.05) is 0 Å². The third-order valence-corrected chi connectivity index (χ3v) is 3.62. The summed E-state index contributed by atoms with van der Waals surface area (Å²) in [6, 6.07) is 0.404. The summed E-state index contributed by atoms with van der Waals surface area (Å²) in [5.74, 6) is 0.111. The fraction of sp³-hybridized carbons (Fsp3) is 0.929. The topological polar surface area (TPSA) is 61.4 Å². The van der Waals surface area contributed by atoms with Gasteiger partial charge in [0.05, 0.1) is 6.54 Å². The second kappa shape index (κ2) is 7.74. The van der Waals surface area contributed by atoms with Crippen LogP contribution >= 0.6 is 0 Å². The Morgan fingerprint density at radius 1 is 1.33 bits per heavy atom. The number of nitrogens with one attached hydrogen (secondary N) is 2. The molecular formula is C14H28N2O2. The van der Waals surface area contributed by atoms with Crippen LogP contribution in [0, 0.1) is 5.41 Å². The molecule has 0 bridgehead atoms. The number of aliphatic hydroxyl groups is 1. The minimum absolute atomic E-state index is 0.111. The van der Waals surface area contributed by atoms with Gasteiger partial charge in [0, 0.05) is 19.2 Å². The molecule has 1 aliphatic rings. The van der Waals surface area contributed by atoms with Crippen molar-refractivity contribution in [3.05, 3.63) is 0 Å². The number of hydrogen-bond donors (Lipinski definition) is 3. The molecule has 0 aliphatic heterocycles. The average Bonchev–Trinajstić information content (AvgIpc) is 2.79. The highest BCUT2D eigenvalue weighted by Crippen LogP contribution is 2.20. The minimum Gasteiger partial charge on any atom is -0.396 e. The Kier molecular flexibility index (Phi) is 6.65. The van der Waals surface area contributed by atoms with E-state index in [9.17, 15) is 4.79 Å². The molecule has 18 heavy (non-hydrogen) atoms. The number of aliphatic hydroxyl groups excluding tert-OH is 1. The van der Waals surface area contributed by atoms with Crippen molar-refractivity contribution in [2.75, 3.05) is 19.7 Å². The Morgan fingerprint density at radius 2 is 2.00 bits per heavy atom. The Labute approximate surface area is 111 Å². The molecule has 0 radical (unpaired) electrons. The fourth-order valence-electron chi connectivity index (χ4n) is 2.51. The lowest BCUT2D eigenvalue weighted by Gasteiger charge is -2.24. The summed E-state index contributed by atoms with van der Waals surface area (Å²) < 4.78 is 0. The average molecular weight is 256 g/mol. The molecule has 0 atom stereocenters.